The van der Waals surface area contributed by atoms with Crippen LogP contribution in [0.25, 0.3) is 0 Å². The Morgan fingerprint density at radius 1 is 1.62 bits per heavy atom. The van der Waals surface area contributed by atoms with Crippen LogP contribution in [0.5, 0.6) is 0 Å². The first kappa shape index (κ1) is 11.5. The fraction of sp³-hybridized carbons (Fsp3) is 0.600. The molecule has 1 aromatic rings. The summed E-state index contributed by atoms with van der Waals surface area (Å²) in [6, 6.07) is 0. The summed E-state index contributed by atoms with van der Waals surface area (Å²) < 4.78 is 0. The summed E-state index contributed by atoms with van der Waals surface area (Å²) in [6.45, 7) is 6.23. The van der Waals surface area contributed by atoms with Gasteiger partial charge in [-0.3, -0.25) is 9.69 Å². The highest BCUT2D eigenvalue weighted by Crippen LogP contribution is 2.16. The molecule has 0 radical (unpaired) electrons. The fourth-order valence-corrected chi connectivity index (χ4v) is 2.32. The third kappa shape index (κ3) is 3.26. The second-order valence-corrected chi connectivity index (χ2v) is 5.09. The summed E-state index contributed by atoms with van der Waals surface area (Å²) in [5.74, 6) is 0.0243. The average Bonchev–Trinajstić information content (AvgIpc) is 2.65. The summed E-state index contributed by atoms with van der Waals surface area (Å²) in [7, 11) is 0. The summed E-state index contributed by atoms with van der Waals surface area (Å²) in [5, 5.41) is 6.77. The Balaban J connectivity index is 1.79. The van der Waals surface area contributed by atoms with Gasteiger partial charge in [0, 0.05) is 37.3 Å². The number of piperazine rings is 1. The minimum absolute atomic E-state index is 0.0243. The summed E-state index contributed by atoms with van der Waals surface area (Å²) in [4.78, 5) is 19.0. The molecule has 2 rings (SSSR count). The number of aromatic nitrogens is 1. The summed E-state index contributed by atoms with van der Waals surface area (Å²) in [6.07, 6.45) is 1.77. The van der Waals surface area contributed by atoms with E-state index in [0.717, 1.165) is 31.1 Å². The van der Waals surface area contributed by atoms with E-state index in [1.54, 1.807) is 6.20 Å². The van der Waals surface area contributed by atoms with Crippen molar-refractivity contribution in [1.29, 1.82) is 0 Å². The van der Waals surface area contributed by atoms with Crippen LogP contribution in [0, 0.1) is 6.92 Å². The van der Waals surface area contributed by atoms with Gasteiger partial charge in [0.05, 0.1) is 6.54 Å². The molecule has 0 saturated carbocycles. The summed E-state index contributed by atoms with van der Waals surface area (Å²) >= 11 is 1.50. The third-order valence-electron chi connectivity index (χ3n) is 2.44. The van der Waals surface area contributed by atoms with Crippen molar-refractivity contribution in [2.75, 3.05) is 38.0 Å². The number of nitrogens with one attached hydrogen (secondary N) is 2. The molecule has 1 saturated heterocycles. The lowest BCUT2D eigenvalue weighted by atomic mass is 10.3. The number of hydrogen-bond acceptors (Lipinski definition) is 5. The van der Waals surface area contributed by atoms with Gasteiger partial charge in [0.1, 0.15) is 0 Å². The SMILES string of the molecule is Cc1cnc(NC(=O)CN2CCNCC2)s1. The third-order valence-corrected chi connectivity index (χ3v) is 3.27. The normalized spacial score (nSPS) is 17.3. The zero-order valence-electron chi connectivity index (χ0n) is 9.32. The van der Waals surface area contributed by atoms with E-state index in [1.165, 1.54) is 11.3 Å². The monoisotopic (exact) mass is 240 g/mol. The Kier molecular flexibility index (Phi) is 3.87. The van der Waals surface area contributed by atoms with E-state index >= 15 is 0 Å². The van der Waals surface area contributed by atoms with E-state index in [9.17, 15) is 4.79 Å². The molecular weight excluding hydrogens is 224 g/mol. The van der Waals surface area contributed by atoms with Crippen LogP contribution in [0.3, 0.4) is 0 Å². The number of thiazole rings is 1. The first-order valence-corrected chi connectivity index (χ1v) is 6.21. The van der Waals surface area contributed by atoms with Crippen molar-refractivity contribution in [2.45, 2.75) is 6.92 Å². The lowest BCUT2D eigenvalue weighted by molar-refractivity contribution is -0.117. The second-order valence-electron chi connectivity index (χ2n) is 3.85. The van der Waals surface area contributed by atoms with Gasteiger partial charge in [-0.25, -0.2) is 4.98 Å². The molecule has 1 aliphatic heterocycles. The van der Waals surface area contributed by atoms with Crippen molar-refractivity contribution in [2.24, 2.45) is 0 Å². The Bertz CT molecular complexity index is 359. The first-order valence-electron chi connectivity index (χ1n) is 5.39. The Morgan fingerprint density at radius 3 is 3.00 bits per heavy atom. The van der Waals surface area contributed by atoms with Crippen LogP contribution < -0.4 is 10.6 Å². The van der Waals surface area contributed by atoms with E-state index < -0.39 is 0 Å². The maximum Gasteiger partial charge on any atom is 0.240 e. The lowest BCUT2D eigenvalue weighted by Crippen LogP contribution is -2.46. The van der Waals surface area contributed by atoms with Gasteiger partial charge in [-0.2, -0.15) is 0 Å². The smallest absolute Gasteiger partial charge is 0.240 e. The van der Waals surface area contributed by atoms with Gasteiger partial charge in [0.15, 0.2) is 5.13 Å². The Labute approximate surface area is 98.9 Å². The molecule has 88 valence electrons. The molecule has 1 aliphatic rings. The molecule has 0 unspecified atom stereocenters. The predicted octanol–water partition coefficient (Wildman–Crippen LogP) is 0.295. The van der Waals surface area contributed by atoms with Crippen molar-refractivity contribution in [3.8, 4) is 0 Å². The molecular formula is C10H16N4OS. The lowest BCUT2D eigenvalue weighted by Gasteiger charge is -2.26. The molecule has 2 N–H and O–H groups in total. The van der Waals surface area contributed by atoms with Crippen molar-refractivity contribution >= 4 is 22.4 Å². The molecule has 16 heavy (non-hydrogen) atoms. The van der Waals surface area contributed by atoms with E-state index in [-0.39, 0.29) is 5.91 Å². The molecule has 0 bridgehead atoms. The Morgan fingerprint density at radius 2 is 2.38 bits per heavy atom. The van der Waals surface area contributed by atoms with E-state index in [1.807, 2.05) is 6.92 Å². The van der Waals surface area contributed by atoms with Crippen LogP contribution in [-0.4, -0.2) is 48.5 Å². The number of carbonyl (C=O) groups excluding carboxylic acids is 1. The van der Waals surface area contributed by atoms with Crippen LogP contribution in [-0.2, 0) is 4.79 Å². The number of anilines is 1. The zero-order chi connectivity index (χ0) is 11.4. The molecule has 0 aliphatic carbocycles. The van der Waals surface area contributed by atoms with Crippen molar-refractivity contribution in [3.05, 3.63) is 11.1 Å². The number of nitrogens with zero attached hydrogens (tertiary/aromatic N) is 2. The quantitative estimate of drug-likeness (QED) is 0.797. The highest BCUT2D eigenvalue weighted by Gasteiger charge is 2.14. The van der Waals surface area contributed by atoms with Crippen molar-refractivity contribution in [3.63, 3.8) is 0 Å². The molecule has 0 atom stereocenters. The maximum atomic E-state index is 11.7. The maximum absolute atomic E-state index is 11.7. The number of rotatable bonds is 3. The molecule has 1 aromatic heterocycles. The number of hydrogen-bond donors (Lipinski definition) is 2. The van der Waals surface area contributed by atoms with Gasteiger partial charge in [-0.15, -0.1) is 11.3 Å². The van der Waals surface area contributed by atoms with Gasteiger partial charge < -0.3 is 10.6 Å². The van der Waals surface area contributed by atoms with Crippen LogP contribution in [0.4, 0.5) is 5.13 Å². The van der Waals surface area contributed by atoms with Gasteiger partial charge in [-0.05, 0) is 6.92 Å². The second kappa shape index (κ2) is 5.38. The topological polar surface area (TPSA) is 57.3 Å². The highest BCUT2D eigenvalue weighted by atomic mass is 32.1. The largest absolute Gasteiger partial charge is 0.314 e. The molecule has 6 heteroatoms. The Hall–Kier alpha value is -0.980. The van der Waals surface area contributed by atoms with E-state index in [2.05, 4.69) is 20.5 Å². The van der Waals surface area contributed by atoms with Crippen LogP contribution in [0.15, 0.2) is 6.20 Å². The molecule has 1 fully saturated rings. The van der Waals surface area contributed by atoms with Crippen molar-refractivity contribution < 1.29 is 4.79 Å². The van der Waals surface area contributed by atoms with Crippen LogP contribution in [0.1, 0.15) is 4.88 Å². The van der Waals surface area contributed by atoms with Gasteiger partial charge in [0.2, 0.25) is 5.91 Å². The predicted molar refractivity (Wildman–Crippen MR) is 64.8 cm³/mol. The van der Waals surface area contributed by atoms with Gasteiger partial charge in [0.25, 0.3) is 0 Å². The molecule has 1 amide bonds. The standard InChI is InChI=1S/C10H16N4OS/c1-8-6-12-10(16-8)13-9(15)7-14-4-2-11-3-5-14/h6,11H,2-5,7H2,1H3,(H,12,13,15). The molecule has 5 nitrogen and oxygen atoms in total. The molecule has 0 spiro atoms. The van der Waals surface area contributed by atoms with Gasteiger partial charge in [-0.1, -0.05) is 0 Å². The number of amides is 1. The molecule has 0 aromatic carbocycles. The zero-order valence-corrected chi connectivity index (χ0v) is 10.1. The minimum Gasteiger partial charge on any atom is -0.314 e. The van der Waals surface area contributed by atoms with Crippen LogP contribution >= 0.6 is 11.3 Å². The minimum atomic E-state index is 0.0243. The van der Waals surface area contributed by atoms with Crippen molar-refractivity contribution in [1.82, 2.24) is 15.2 Å². The van der Waals surface area contributed by atoms with Gasteiger partial charge >= 0.3 is 0 Å². The van der Waals surface area contributed by atoms with Crippen LogP contribution in [0.2, 0.25) is 0 Å². The first-order chi connectivity index (χ1) is 7.74. The number of carbonyl (C=O) groups is 1. The van der Waals surface area contributed by atoms with E-state index in [0.29, 0.717) is 11.7 Å². The fourth-order valence-electron chi connectivity index (χ4n) is 1.64. The molecule has 2 heterocycles. The number of aryl methyl sites for hydroxylation is 1. The van der Waals surface area contributed by atoms with E-state index in [4.69, 9.17) is 0 Å². The highest BCUT2D eigenvalue weighted by molar-refractivity contribution is 7.15. The average molecular weight is 240 g/mol. The summed E-state index contributed by atoms with van der Waals surface area (Å²) in [5.41, 5.74) is 0.